The van der Waals surface area contributed by atoms with Gasteiger partial charge in [-0.1, -0.05) is 0 Å². The van der Waals surface area contributed by atoms with Gasteiger partial charge in [0, 0.05) is 0 Å². The molecule has 0 nitrogen and oxygen atoms in total. The van der Waals surface area contributed by atoms with Gasteiger partial charge < -0.3 is 0 Å². The zero-order chi connectivity index (χ0) is 15.6. The predicted molar refractivity (Wildman–Crippen MR) is 101 cm³/mol. The summed E-state index contributed by atoms with van der Waals surface area (Å²) in [6, 6.07) is 5.04. The van der Waals surface area contributed by atoms with Crippen LogP contribution in [0.1, 0.15) is 76.3 Å². The fraction of sp³-hybridized carbons (Fsp3) is 0.600. The molecule has 2 aromatic rings. The Bertz CT molecular complexity index is 473. The van der Waals surface area contributed by atoms with Gasteiger partial charge in [-0.05, 0) is 0 Å². The van der Waals surface area contributed by atoms with Gasteiger partial charge in [0.15, 0.2) is 0 Å². The zero-order valence-corrected chi connectivity index (χ0v) is 17.6. The van der Waals surface area contributed by atoms with Crippen molar-refractivity contribution in [1.82, 2.24) is 0 Å². The van der Waals surface area contributed by atoms with Crippen LogP contribution in [0.3, 0.4) is 0 Å². The molecule has 0 atom stereocenters. The molecule has 2 rings (SSSR count). The van der Waals surface area contributed by atoms with Crippen LogP contribution < -0.4 is 0 Å². The van der Waals surface area contributed by atoms with Crippen molar-refractivity contribution in [2.75, 3.05) is 0 Å². The van der Waals surface area contributed by atoms with Gasteiger partial charge in [-0.3, -0.25) is 0 Å². The van der Waals surface area contributed by atoms with E-state index in [0.717, 1.165) is 0 Å². The fourth-order valence-electron chi connectivity index (χ4n) is 2.78. The van der Waals surface area contributed by atoms with Crippen molar-refractivity contribution in [3.63, 3.8) is 0 Å². The second-order valence-electron chi connectivity index (χ2n) is 6.26. The van der Waals surface area contributed by atoms with E-state index in [2.05, 4.69) is 35.9 Å². The predicted octanol–water partition coefficient (Wildman–Crippen LogP) is 5.71. The fourth-order valence-corrected chi connectivity index (χ4v) is 7.44. The number of rotatable bonds is 11. The molecule has 0 saturated heterocycles. The van der Waals surface area contributed by atoms with Crippen LogP contribution in [0.25, 0.3) is 8.87 Å². The van der Waals surface area contributed by atoms with Crippen molar-refractivity contribution >= 4 is 29.0 Å². The number of unbranched alkanes of at least 4 members (excludes halogenated alkanes) is 6. The normalized spacial score (nSPS) is 11.2. The number of aryl methyl sites for hydroxylation is 2. The SMILES string of the molecule is CCCCCCc1c[se]c(-c2cc(CCCCCC)c[se]2)c1. The Morgan fingerprint density at radius 2 is 1.09 bits per heavy atom. The molecule has 0 unspecified atom stereocenters. The van der Waals surface area contributed by atoms with Crippen molar-refractivity contribution in [1.29, 1.82) is 0 Å². The minimum atomic E-state index is 0.610. The molecule has 0 fully saturated rings. The van der Waals surface area contributed by atoms with Crippen LogP contribution >= 0.6 is 0 Å². The van der Waals surface area contributed by atoms with Crippen molar-refractivity contribution < 1.29 is 0 Å². The Morgan fingerprint density at radius 1 is 0.636 bits per heavy atom. The van der Waals surface area contributed by atoms with Crippen LogP contribution in [-0.2, 0) is 12.8 Å². The van der Waals surface area contributed by atoms with Gasteiger partial charge in [-0.15, -0.1) is 0 Å². The van der Waals surface area contributed by atoms with Crippen molar-refractivity contribution in [3.05, 3.63) is 33.1 Å². The molecule has 0 aliphatic heterocycles. The van der Waals surface area contributed by atoms with Crippen LogP contribution in [0.5, 0.6) is 0 Å². The molecule has 2 heteroatoms. The summed E-state index contributed by atoms with van der Waals surface area (Å²) in [6.07, 6.45) is 13.7. The van der Waals surface area contributed by atoms with Gasteiger partial charge in [0.1, 0.15) is 0 Å². The standard InChI is InChI=1S/C20H30Se2/c1-3-5-7-9-11-17-13-19(21-15-17)20-14-18(16-22-20)12-10-8-6-4-2/h13-16H,3-12H2,1-2H3. The van der Waals surface area contributed by atoms with E-state index in [1.807, 2.05) is 0 Å². The third-order valence-corrected chi connectivity index (χ3v) is 9.09. The van der Waals surface area contributed by atoms with Gasteiger partial charge in [0.05, 0.1) is 0 Å². The van der Waals surface area contributed by atoms with E-state index < -0.39 is 0 Å². The first-order valence-electron chi connectivity index (χ1n) is 8.98. The Labute approximate surface area is 148 Å². The number of hydrogen-bond acceptors (Lipinski definition) is 0. The first-order valence-corrected chi connectivity index (χ1v) is 12.7. The second-order valence-corrected chi connectivity index (χ2v) is 10.1. The van der Waals surface area contributed by atoms with Gasteiger partial charge in [0.2, 0.25) is 0 Å². The Balaban J connectivity index is 1.81. The van der Waals surface area contributed by atoms with Gasteiger partial charge in [-0.2, -0.15) is 0 Å². The van der Waals surface area contributed by atoms with Crippen LogP contribution in [0.4, 0.5) is 0 Å². The average Bonchev–Trinajstić information content (AvgIpc) is 3.17. The van der Waals surface area contributed by atoms with E-state index in [4.69, 9.17) is 0 Å². The van der Waals surface area contributed by atoms with Crippen LogP contribution in [0, 0.1) is 0 Å². The van der Waals surface area contributed by atoms with Crippen molar-refractivity contribution in [2.45, 2.75) is 78.1 Å². The minimum absolute atomic E-state index is 0.610. The molecule has 122 valence electrons. The van der Waals surface area contributed by atoms with Crippen molar-refractivity contribution in [3.8, 4) is 8.87 Å². The third-order valence-electron chi connectivity index (χ3n) is 4.19. The molecule has 0 saturated carbocycles. The maximum absolute atomic E-state index is 2.53. The molecule has 0 aliphatic carbocycles. The van der Waals surface area contributed by atoms with Gasteiger partial charge in [0.25, 0.3) is 0 Å². The van der Waals surface area contributed by atoms with Gasteiger partial charge >= 0.3 is 149 Å². The molecule has 0 amide bonds. The summed E-state index contributed by atoms with van der Waals surface area (Å²) in [4.78, 5) is 5.06. The van der Waals surface area contributed by atoms with E-state index in [-0.39, 0.29) is 0 Å². The van der Waals surface area contributed by atoms with E-state index in [9.17, 15) is 0 Å². The summed E-state index contributed by atoms with van der Waals surface area (Å²) in [5.41, 5.74) is 3.25. The monoisotopic (exact) mass is 430 g/mol. The summed E-state index contributed by atoms with van der Waals surface area (Å²) >= 11 is 1.22. The van der Waals surface area contributed by atoms with Crippen LogP contribution in [0.2, 0.25) is 0 Å². The zero-order valence-electron chi connectivity index (χ0n) is 14.2. The first-order chi connectivity index (χ1) is 10.8. The molecule has 2 aromatic heterocycles. The Morgan fingerprint density at radius 3 is 1.50 bits per heavy atom. The molecule has 2 heterocycles. The Hall–Kier alpha value is -0.00104. The molecular formula is C20H30Se2. The van der Waals surface area contributed by atoms with Crippen LogP contribution in [-0.4, -0.2) is 29.0 Å². The van der Waals surface area contributed by atoms with Crippen molar-refractivity contribution in [2.24, 2.45) is 0 Å². The van der Waals surface area contributed by atoms with E-state index in [1.54, 1.807) is 20.0 Å². The molecule has 0 aliphatic rings. The second kappa shape index (κ2) is 10.7. The molecule has 0 radical (unpaired) electrons. The van der Waals surface area contributed by atoms with Gasteiger partial charge in [-0.25, -0.2) is 0 Å². The summed E-state index contributed by atoms with van der Waals surface area (Å²) in [5.74, 6) is 0. The summed E-state index contributed by atoms with van der Waals surface area (Å²) in [5, 5.41) is 0. The molecule has 0 aromatic carbocycles. The summed E-state index contributed by atoms with van der Waals surface area (Å²) in [7, 11) is 0. The molecular weight excluding hydrogens is 398 g/mol. The summed E-state index contributed by atoms with van der Waals surface area (Å²) in [6.45, 7) is 4.58. The Kier molecular flexibility index (Phi) is 8.93. The summed E-state index contributed by atoms with van der Waals surface area (Å²) < 4.78 is 3.36. The average molecular weight is 428 g/mol. The molecule has 0 spiro atoms. The first kappa shape index (κ1) is 18.3. The van der Waals surface area contributed by atoms with Crippen LogP contribution in [0.15, 0.2) is 22.0 Å². The topological polar surface area (TPSA) is 0 Å². The number of hydrogen-bond donors (Lipinski definition) is 0. The van der Waals surface area contributed by atoms with E-state index >= 15 is 0 Å². The van der Waals surface area contributed by atoms with E-state index in [0.29, 0.717) is 29.0 Å². The molecule has 0 N–H and O–H groups in total. The quantitative estimate of drug-likeness (QED) is 0.318. The third kappa shape index (κ3) is 6.25. The van der Waals surface area contributed by atoms with E-state index in [1.165, 1.54) is 64.2 Å². The maximum atomic E-state index is 2.53. The molecule has 0 bridgehead atoms. The molecule has 22 heavy (non-hydrogen) atoms.